The summed E-state index contributed by atoms with van der Waals surface area (Å²) in [6.07, 6.45) is 3.08. The van der Waals surface area contributed by atoms with Crippen molar-refractivity contribution in [2.75, 3.05) is 6.26 Å². The molecule has 1 atom stereocenters. The van der Waals surface area contributed by atoms with E-state index in [0.29, 0.717) is 5.92 Å². The maximum atomic E-state index is 12.6. The largest absolute Gasteiger partial charge is 0.241 e. The summed E-state index contributed by atoms with van der Waals surface area (Å²) in [4.78, 5) is 0.166. The molecule has 0 bridgehead atoms. The van der Waals surface area contributed by atoms with Crippen LogP contribution in [0.3, 0.4) is 0 Å². The minimum absolute atomic E-state index is 0.0662. The van der Waals surface area contributed by atoms with Gasteiger partial charge in [0, 0.05) is 12.3 Å². The molecule has 1 aliphatic rings. The number of hydrogen-bond acceptors (Lipinski definition) is 4. The number of sulfonamides is 1. The molecular weight excluding hydrogens is 346 g/mol. The first-order chi connectivity index (χ1) is 11.3. The molecule has 0 aliphatic heterocycles. The maximum Gasteiger partial charge on any atom is 0.241 e. The molecule has 0 aromatic heterocycles. The van der Waals surface area contributed by atoms with E-state index in [1.165, 1.54) is 24.3 Å². The van der Waals surface area contributed by atoms with E-state index in [1.54, 1.807) is 0 Å². The smallest absolute Gasteiger partial charge is 0.224 e. The van der Waals surface area contributed by atoms with Crippen LogP contribution in [0.4, 0.5) is 0 Å². The minimum Gasteiger partial charge on any atom is -0.224 e. The van der Waals surface area contributed by atoms with Crippen molar-refractivity contribution in [3.63, 3.8) is 0 Å². The van der Waals surface area contributed by atoms with Gasteiger partial charge in [-0.1, -0.05) is 30.3 Å². The molecule has 0 amide bonds. The molecule has 1 aliphatic carbocycles. The fourth-order valence-corrected chi connectivity index (χ4v) is 4.55. The lowest BCUT2D eigenvalue weighted by Gasteiger charge is -2.19. The Balaban J connectivity index is 1.87. The van der Waals surface area contributed by atoms with Gasteiger partial charge in [-0.15, -0.1) is 0 Å². The summed E-state index contributed by atoms with van der Waals surface area (Å²) < 4.78 is 51.0. The number of sulfone groups is 1. The topological polar surface area (TPSA) is 80.3 Å². The van der Waals surface area contributed by atoms with Gasteiger partial charge in [0.05, 0.1) is 9.79 Å². The molecule has 2 aromatic rings. The van der Waals surface area contributed by atoms with Gasteiger partial charge in [0.2, 0.25) is 10.0 Å². The van der Waals surface area contributed by atoms with Crippen LogP contribution in [0.1, 0.15) is 24.4 Å². The second-order valence-electron chi connectivity index (χ2n) is 6.09. The third-order valence-electron chi connectivity index (χ3n) is 4.10. The van der Waals surface area contributed by atoms with Gasteiger partial charge >= 0.3 is 0 Å². The fraction of sp³-hybridized carbons (Fsp3) is 0.294. The van der Waals surface area contributed by atoms with Gasteiger partial charge in [-0.3, -0.25) is 0 Å². The lowest BCUT2D eigenvalue weighted by atomic mass is 10.0. The molecule has 0 spiro atoms. The summed E-state index contributed by atoms with van der Waals surface area (Å²) in [5, 5.41) is 0. The molecule has 1 N–H and O–H groups in total. The van der Waals surface area contributed by atoms with Crippen molar-refractivity contribution in [2.45, 2.75) is 28.7 Å². The zero-order valence-electron chi connectivity index (χ0n) is 13.2. The van der Waals surface area contributed by atoms with E-state index < -0.39 is 19.9 Å². The van der Waals surface area contributed by atoms with Crippen LogP contribution in [0.2, 0.25) is 0 Å². The highest BCUT2D eigenvalue weighted by atomic mass is 32.2. The number of benzene rings is 2. The highest BCUT2D eigenvalue weighted by Gasteiger charge is 2.35. The SMILES string of the molecule is CS(=O)(=O)c1ccc(S(=O)(=O)N[C@H](c2ccccc2)C2CC2)cc1. The van der Waals surface area contributed by atoms with Crippen LogP contribution in [0.25, 0.3) is 0 Å². The molecule has 1 saturated carbocycles. The quantitative estimate of drug-likeness (QED) is 0.853. The molecule has 24 heavy (non-hydrogen) atoms. The maximum absolute atomic E-state index is 12.6. The van der Waals surface area contributed by atoms with Crippen LogP contribution in [-0.2, 0) is 19.9 Å². The van der Waals surface area contributed by atoms with E-state index in [1.807, 2.05) is 30.3 Å². The van der Waals surface area contributed by atoms with Crippen molar-refractivity contribution < 1.29 is 16.8 Å². The van der Waals surface area contributed by atoms with E-state index in [-0.39, 0.29) is 15.8 Å². The molecular formula is C17H19NO4S2. The summed E-state index contributed by atoms with van der Waals surface area (Å²) in [6.45, 7) is 0. The lowest BCUT2D eigenvalue weighted by molar-refractivity contribution is 0.529. The van der Waals surface area contributed by atoms with Gasteiger partial charge in [0.25, 0.3) is 0 Å². The van der Waals surface area contributed by atoms with E-state index in [0.717, 1.165) is 24.7 Å². The zero-order valence-corrected chi connectivity index (χ0v) is 14.8. The summed E-state index contributed by atoms with van der Waals surface area (Å²) in [6, 6.07) is 14.5. The van der Waals surface area contributed by atoms with Crippen molar-refractivity contribution in [1.29, 1.82) is 0 Å². The van der Waals surface area contributed by atoms with Gasteiger partial charge in [0.15, 0.2) is 9.84 Å². The van der Waals surface area contributed by atoms with Crippen LogP contribution in [-0.4, -0.2) is 23.1 Å². The summed E-state index contributed by atoms with van der Waals surface area (Å²) in [7, 11) is -7.07. The molecule has 128 valence electrons. The highest BCUT2D eigenvalue weighted by molar-refractivity contribution is 7.90. The number of hydrogen-bond donors (Lipinski definition) is 1. The Morgan fingerprint density at radius 1 is 0.875 bits per heavy atom. The molecule has 0 unspecified atom stereocenters. The minimum atomic E-state index is -3.72. The van der Waals surface area contributed by atoms with Crippen LogP contribution in [0.5, 0.6) is 0 Å². The molecule has 5 nitrogen and oxygen atoms in total. The Kier molecular flexibility index (Phi) is 4.50. The monoisotopic (exact) mass is 365 g/mol. The number of nitrogens with one attached hydrogen (secondary N) is 1. The second-order valence-corrected chi connectivity index (χ2v) is 9.82. The molecule has 2 aromatic carbocycles. The first kappa shape index (κ1) is 17.1. The third-order valence-corrected chi connectivity index (χ3v) is 6.68. The third kappa shape index (κ3) is 3.85. The average Bonchev–Trinajstić information content (AvgIpc) is 3.38. The Bertz CT molecular complexity index is 916. The van der Waals surface area contributed by atoms with Crippen molar-refractivity contribution in [3.8, 4) is 0 Å². The first-order valence-corrected chi connectivity index (χ1v) is 11.0. The van der Waals surface area contributed by atoms with Crippen molar-refractivity contribution in [2.24, 2.45) is 5.92 Å². The van der Waals surface area contributed by atoms with Gasteiger partial charge in [-0.05, 0) is 48.6 Å². The molecule has 0 saturated heterocycles. The average molecular weight is 365 g/mol. The van der Waals surface area contributed by atoms with Crippen LogP contribution in [0.15, 0.2) is 64.4 Å². The molecule has 7 heteroatoms. The Hall–Kier alpha value is -1.70. The van der Waals surface area contributed by atoms with E-state index in [9.17, 15) is 16.8 Å². The zero-order chi connectivity index (χ0) is 17.4. The molecule has 3 rings (SSSR count). The molecule has 0 radical (unpaired) electrons. The fourth-order valence-electron chi connectivity index (χ4n) is 2.63. The predicted octanol–water partition coefficient (Wildman–Crippen LogP) is 2.52. The summed E-state index contributed by atoms with van der Waals surface area (Å²) >= 11 is 0. The van der Waals surface area contributed by atoms with Crippen molar-refractivity contribution >= 4 is 19.9 Å². The van der Waals surface area contributed by atoms with Crippen LogP contribution >= 0.6 is 0 Å². The number of rotatable bonds is 6. The Morgan fingerprint density at radius 2 is 1.42 bits per heavy atom. The van der Waals surface area contributed by atoms with Gasteiger partial charge in [0.1, 0.15) is 0 Å². The Labute approximate surface area is 142 Å². The normalized spacial score (nSPS) is 16.7. The predicted molar refractivity (Wildman–Crippen MR) is 91.8 cm³/mol. The first-order valence-electron chi connectivity index (χ1n) is 7.65. The van der Waals surface area contributed by atoms with Crippen LogP contribution in [0, 0.1) is 5.92 Å². The summed E-state index contributed by atoms with van der Waals surface area (Å²) in [5.74, 6) is 0.303. The second kappa shape index (κ2) is 6.31. The molecule has 0 heterocycles. The summed E-state index contributed by atoms with van der Waals surface area (Å²) in [5.41, 5.74) is 0.941. The Morgan fingerprint density at radius 3 is 1.92 bits per heavy atom. The van der Waals surface area contributed by atoms with E-state index in [4.69, 9.17) is 0 Å². The van der Waals surface area contributed by atoms with Crippen molar-refractivity contribution in [3.05, 3.63) is 60.2 Å². The van der Waals surface area contributed by atoms with Crippen molar-refractivity contribution in [1.82, 2.24) is 4.72 Å². The molecule has 1 fully saturated rings. The highest BCUT2D eigenvalue weighted by Crippen LogP contribution is 2.41. The van der Waals surface area contributed by atoms with Crippen LogP contribution < -0.4 is 4.72 Å². The van der Waals surface area contributed by atoms with E-state index >= 15 is 0 Å². The lowest BCUT2D eigenvalue weighted by Crippen LogP contribution is -2.30. The van der Waals surface area contributed by atoms with E-state index in [2.05, 4.69) is 4.72 Å². The van der Waals surface area contributed by atoms with Gasteiger partial charge in [-0.25, -0.2) is 21.6 Å². The van der Waals surface area contributed by atoms with Gasteiger partial charge < -0.3 is 0 Å². The van der Waals surface area contributed by atoms with Gasteiger partial charge in [-0.2, -0.15) is 0 Å². The standard InChI is InChI=1S/C17H19NO4S2/c1-23(19,20)15-9-11-16(12-10-15)24(21,22)18-17(14-7-8-14)13-5-3-2-4-6-13/h2-6,9-12,14,17-18H,7-8H2,1H3/t17-/m1/s1.